The van der Waals surface area contributed by atoms with Crippen molar-refractivity contribution >= 4 is 0 Å². The van der Waals surface area contributed by atoms with Crippen LogP contribution in [0.1, 0.15) is 17.0 Å². The summed E-state index contributed by atoms with van der Waals surface area (Å²) in [7, 11) is 3.27. The largest absolute Gasteiger partial charge is 0.497 e. The predicted molar refractivity (Wildman–Crippen MR) is 81.4 cm³/mol. The van der Waals surface area contributed by atoms with E-state index in [4.69, 9.17) is 15.2 Å². The van der Waals surface area contributed by atoms with Crippen molar-refractivity contribution in [3.8, 4) is 11.5 Å². The van der Waals surface area contributed by atoms with Gasteiger partial charge in [-0.05, 0) is 54.4 Å². The van der Waals surface area contributed by atoms with Gasteiger partial charge in [0.2, 0.25) is 0 Å². The minimum atomic E-state index is -0.242. The fourth-order valence-electron chi connectivity index (χ4n) is 2.38. The second-order valence-corrected chi connectivity index (χ2v) is 4.87. The van der Waals surface area contributed by atoms with E-state index in [2.05, 4.69) is 0 Å². The number of rotatable bonds is 6. The number of halogens is 1. The summed E-state index contributed by atoms with van der Waals surface area (Å²) in [5.74, 6) is 1.44. The maximum Gasteiger partial charge on any atom is 0.123 e. The fraction of sp³-hybridized carbons (Fsp3) is 0.294. The maximum atomic E-state index is 13.0. The van der Waals surface area contributed by atoms with Crippen LogP contribution >= 0.6 is 0 Å². The molecular formula is C17H20FNO2. The topological polar surface area (TPSA) is 44.5 Å². The highest BCUT2D eigenvalue weighted by Gasteiger charge is 2.14. The van der Waals surface area contributed by atoms with Crippen LogP contribution in [-0.4, -0.2) is 20.8 Å². The van der Waals surface area contributed by atoms with Crippen molar-refractivity contribution in [2.45, 2.75) is 12.3 Å². The zero-order valence-electron chi connectivity index (χ0n) is 12.3. The standard InChI is InChI=1S/C17H20FNO2/c1-20-16-7-8-17(21-2)13(10-16)9-14(11-19)12-3-5-15(18)6-4-12/h3-8,10,14H,9,11,19H2,1-2H3. The molecule has 2 aromatic carbocycles. The van der Waals surface area contributed by atoms with Gasteiger partial charge in [0.1, 0.15) is 17.3 Å². The quantitative estimate of drug-likeness (QED) is 0.888. The lowest BCUT2D eigenvalue weighted by atomic mass is 9.91. The molecule has 0 saturated heterocycles. The molecule has 2 aromatic rings. The Morgan fingerprint density at radius 3 is 2.33 bits per heavy atom. The Kier molecular flexibility index (Phi) is 5.17. The number of benzene rings is 2. The van der Waals surface area contributed by atoms with E-state index >= 15 is 0 Å². The van der Waals surface area contributed by atoms with Crippen LogP contribution in [0.4, 0.5) is 4.39 Å². The Morgan fingerprint density at radius 2 is 1.76 bits per heavy atom. The molecule has 21 heavy (non-hydrogen) atoms. The summed E-state index contributed by atoms with van der Waals surface area (Å²) in [6.45, 7) is 0.478. The van der Waals surface area contributed by atoms with Gasteiger partial charge in [-0.3, -0.25) is 0 Å². The lowest BCUT2D eigenvalue weighted by Crippen LogP contribution is -2.15. The third-order valence-electron chi connectivity index (χ3n) is 3.58. The van der Waals surface area contributed by atoms with Crippen LogP contribution < -0.4 is 15.2 Å². The molecule has 0 heterocycles. The summed E-state index contributed by atoms with van der Waals surface area (Å²) in [6, 6.07) is 12.2. The molecule has 112 valence electrons. The zero-order valence-corrected chi connectivity index (χ0v) is 12.3. The molecule has 3 nitrogen and oxygen atoms in total. The van der Waals surface area contributed by atoms with Gasteiger partial charge in [-0.25, -0.2) is 4.39 Å². The van der Waals surface area contributed by atoms with Crippen molar-refractivity contribution in [1.29, 1.82) is 0 Å². The second kappa shape index (κ2) is 7.09. The van der Waals surface area contributed by atoms with Gasteiger partial charge in [0, 0.05) is 5.92 Å². The number of nitrogens with two attached hydrogens (primary N) is 1. The van der Waals surface area contributed by atoms with Gasteiger partial charge in [-0.15, -0.1) is 0 Å². The highest BCUT2D eigenvalue weighted by molar-refractivity contribution is 5.41. The minimum absolute atomic E-state index is 0.103. The Morgan fingerprint density at radius 1 is 1.05 bits per heavy atom. The fourth-order valence-corrected chi connectivity index (χ4v) is 2.38. The summed E-state index contributed by atoms with van der Waals surface area (Å²) in [4.78, 5) is 0. The smallest absolute Gasteiger partial charge is 0.123 e. The van der Waals surface area contributed by atoms with E-state index in [1.54, 1.807) is 26.4 Å². The van der Waals surface area contributed by atoms with Gasteiger partial charge in [0.25, 0.3) is 0 Å². The van der Waals surface area contributed by atoms with Crippen molar-refractivity contribution in [3.63, 3.8) is 0 Å². The van der Waals surface area contributed by atoms with E-state index in [-0.39, 0.29) is 11.7 Å². The van der Waals surface area contributed by atoms with Crippen LogP contribution in [0.3, 0.4) is 0 Å². The molecule has 0 aliphatic heterocycles. The first-order valence-electron chi connectivity index (χ1n) is 6.84. The van der Waals surface area contributed by atoms with Gasteiger partial charge in [-0.1, -0.05) is 12.1 Å². The molecule has 0 aliphatic carbocycles. The molecule has 0 fully saturated rings. The molecular weight excluding hydrogens is 269 g/mol. The Hall–Kier alpha value is -2.07. The summed E-state index contributed by atoms with van der Waals surface area (Å²) in [5, 5.41) is 0. The first-order valence-corrected chi connectivity index (χ1v) is 6.84. The van der Waals surface area contributed by atoms with Crippen molar-refractivity contribution in [2.24, 2.45) is 5.73 Å². The van der Waals surface area contributed by atoms with E-state index in [0.717, 1.165) is 22.6 Å². The first-order chi connectivity index (χ1) is 10.2. The minimum Gasteiger partial charge on any atom is -0.497 e. The summed E-state index contributed by atoms with van der Waals surface area (Å²) in [6.07, 6.45) is 0.711. The normalized spacial score (nSPS) is 12.0. The van der Waals surface area contributed by atoms with Gasteiger partial charge in [0.05, 0.1) is 14.2 Å². The van der Waals surface area contributed by atoms with E-state index in [9.17, 15) is 4.39 Å². The molecule has 2 N–H and O–H groups in total. The lowest BCUT2D eigenvalue weighted by Gasteiger charge is -2.18. The van der Waals surface area contributed by atoms with Crippen LogP contribution in [0.25, 0.3) is 0 Å². The van der Waals surface area contributed by atoms with E-state index in [1.807, 2.05) is 18.2 Å². The van der Waals surface area contributed by atoms with E-state index in [0.29, 0.717) is 13.0 Å². The number of methoxy groups -OCH3 is 2. The molecule has 0 amide bonds. The Bertz CT molecular complexity index is 584. The number of hydrogen-bond donors (Lipinski definition) is 1. The highest BCUT2D eigenvalue weighted by Crippen LogP contribution is 2.29. The monoisotopic (exact) mass is 289 g/mol. The van der Waals surface area contributed by atoms with Crippen LogP contribution in [0, 0.1) is 5.82 Å². The predicted octanol–water partition coefficient (Wildman–Crippen LogP) is 3.13. The Labute approximate surface area is 124 Å². The second-order valence-electron chi connectivity index (χ2n) is 4.87. The lowest BCUT2D eigenvalue weighted by molar-refractivity contribution is 0.397. The molecule has 0 radical (unpaired) electrons. The third kappa shape index (κ3) is 3.73. The summed E-state index contributed by atoms with van der Waals surface area (Å²) >= 11 is 0. The van der Waals surface area contributed by atoms with Crippen molar-refractivity contribution in [1.82, 2.24) is 0 Å². The van der Waals surface area contributed by atoms with Gasteiger partial charge < -0.3 is 15.2 Å². The molecule has 0 aliphatic rings. The summed E-state index contributed by atoms with van der Waals surface area (Å²) < 4.78 is 23.7. The molecule has 0 saturated carbocycles. The van der Waals surface area contributed by atoms with Gasteiger partial charge in [0.15, 0.2) is 0 Å². The van der Waals surface area contributed by atoms with Crippen LogP contribution in [0.15, 0.2) is 42.5 Å². The third-order valence-corrected chi connectivity index (χ3v) is 3.58. The molecule has 1 atom stereocenters. The van der Waals surface area contributed by atoms with E-state index in [1.165, 1.54) is 12.1 Å². The SMILES string of the molecule is COc1ccc(OC)c(CC(CN)c2ccc(F)cc2)c1. The molecule has 0 aromatic heterocycles. The molecule has 4 heteroatoms. The highest BCUT2D eigenvalue weighted by atomic mass is 19.1. The molecule has 1 unspecified atom stereocenters. The van der Waals surface area contributed by atoms with Gasteiger partial charge >= 0.3 is 0 Å². The summed E-state index contributed by atoms with van der Waals surface area (Å²) in [5.41, 5.74) is 7.93. The maximum absolute atomic E-state index is 13.0. The van der Waals surface area contributed by atoms with Crippen molar-refractivity contribution < 1.29 is 13.9 Å². The number of ether oxygens (including phenoxy) is 2. The first kappa shape index (κ1) is 15.3. The molecule has 2 rings (SSSR count). The van der Waals surface area contributed by atoms with Crippen molar-refractivity contribution in [3.05, 3.63) is 59.4 Å². The van der Waals surface area contributed by atoms with E-state index < -0.39 is 0 Å². The van der Waals surface area contributed by atoms with Crippen molar-refractivity contribution in [2.75, 3.05) is 20.8 Å². The molecule has 0 bridgehead atoms. The average molecular weight is 289 g/mol. The van der Waals surface area contributed by atoms with Crippen LogP contribution in [-0.2, 0) is 6.42 Å². The zero-order chi connectivity index (χ0) is 15.2. The molecule has 0 spiro atoms. The van der Waals surface area contributed by atoms with Crippen LogP contribution in [0.2, 0.25) is 0 Å². The average Bonchev–Trinajstić information content (AvgIpc) is 2.53. The number of hydrogen-bond acceptors (Lipinski definition) is 3. The van der Waals surface area contributed by atoms with Crippen LogP contribution in [0.5, 0.6) is 11.5 Å². The van der Waals surface area contributed by atoms with Gasteiger partial charge in [-0.2, -0.15) is 0 Å². The Balaban J connectivity index is 2.27.